The third kappa shape index (κ3) is 3.40. The Morgan fingerprint density at radius 2 is 1.69 bits per heavy atom. The van der Waals surface area contributed by atoms with Gasteiger partial charge in [0.2, 0.25) is 0 Å². The summed E-state index contributed by atoms with van der Waals surface area (Å²) < 4.78 is 42.8. The third-order valence-corrected chi connectivity index (χ3v) is 6.08. The van der Waals surface area contributed by atoms with Gasteiger partial charge in [0, 0.05) is 13.1 Å². The lowest BCUT2D eigenvalue weighted by molar-refractivity contribution is 0.162. The van der Waals surface area contributed by atoms with E-state index in [0.717, 1.165) is 4.31 Å². The van der Waals surface area contributed by atoms with Crippen molar-refractivity contribution in [3.63, 3.8) is 0 Å². The van der Waals surface area contributed by atoms with Crippen LogP contribution < -0.4 is 13.9 Å². The van der Waals surface area contributed by atoms with Crippen LogP contribution in [0.2, 0.25) is 0 Å². The Bertz CT molecular complexity index is 875. The van der Waals surface area contributed by atoms with Gasteiger partial charge in [-0.1, -0.05) is 24.3 Å². The van der Waals surface area contributed by atoms with E-state index < -0.39 is 22.1 Å². The van der Waals surface area contributed by atoms with E-state index in [0.29, 0.717) is 30.8 Å². The molecule has 8 heteroatoms. The number of aliphatic hydroxyl groups is 1. The minimum Gasteiger partial charge on any atom is -0.392 e. The summed E-state index contributed by atoms with van der Waals surface area (Å²) in [4.78, 5) is 0. The molecule has 1 unspecified atom stereocenters. The van der Waals surface area contributed by atoms with Gasteiger partial charge in [0.25, 0.3) is 0 Å². The van der Waals surface area contributed by atoms with Crippen LogP contribution in [0.15, 0.2) is 48.5 Å². The minimum absolute atomic E-state index is 0.00216. The van der Waals surface area contributed by atoms with Gasteiger partial charge < -0.3 is 10.4 Å². The zero-order valence-corrected chi connectivity index (χ0v) is 15.3. The molecule has 0 fully saturated rings. The number of nitrogens with zero attached hydrogens (tertiary/aromatic N) is 2. The molecule has 0 bridgehead atoms. The molecular formula is C18H22FN3O3S. The summed E-state index contributed by atoms with van der Waals surface area (Å²) in [5.74, 6) is -0.600. The number of likely N-dealkylation sites (N-methyl/N-ethyl adjacent to an activating group) is 1. The number of hydrogen-bond donors (Lipinski definition) is 2. The zero-order valence-electron chi connectivity index (χ0n) is 14.5. The van der Waals surface area contributed by atoms with Gasteiger partial charge in [0.1, 0.15) is 5.82 Å². The SMILES string of the molecule is CNCC(O)CCCN1c2ccccc2N(c2ccccc2F)S1(=O)=O. The average Bonchev–Trinajstić information content (AvgIpc) is 2.83. The molecular weight excluding hydrogens is 357 g/mol. The third-order valence-electron chi connectivity index (χ3n) is 4.29. The molecule has 0 saturated carbocycles. The van der Waals surface area contributed by atoms with Crippen molar-refractivity contribution in [1.82, 2.24) is 5.32 Å². The summed E-state index contributed by atoms with van der Waals surface area (Å²) in [5, 5.41) is 12.7. The highest BCUT2D eigenvalue weighted by Gasteiger charge is 2.41. The maximum Gasteiger partial charge on any atom is 0.331 e. The van der Waals surface area contributed by atoms with Crippen molar-refractivity contribution in [2.24, 2.45) is 0 Å². The number of para-hydroxylation sites is 3. The highest BCUT2D eigenvalue weighted by atomic mass is 32.2. The molecule has 0 radical (unpaired) electrons. The molecule has 2 aromatic carbocycles. The van der Waals surface area contributed by atoms with Gasteiger partial charge >= 0.3 is 10.2 Å². The number of rotatable bonds is 7. The van der Waals surface area contributed by atoms with Gasteiger partial charge in [0.05, 0.1) is 23.2 Å². The molecule has 26 heavy (non-hydrogen) atoms. The van der Waals surface area contributed by atoms with Gasteiger partial charge in [-0.2, -0.15) is 8.42 Å². The van der Waals surface area contributed by atoms with Crippen LogP contribution in [-0.4, -0.2) is 39.8 Å². The maximum atomic E-state index is 14.3. The van der Waals surface area contributed by atoms with Crippen LogP contribution in [0.5, 0.6) is 0 Å². The van der Waals surface area contributed by atoms with E-state index in [-0.39, 0.29) is 12.2 Å². The van der Waals surface area contributed by atoms with E-state index in [1.54, 1.807) is 37.4 Å². The predicted molar refractivity (Wildman–Crippen MR) is 100 cm³/mol. The molecule has 0 aliphatic carbocycles. The standard InChI is InChI=1S/C18H22FN3O3S/c1-20-13-14(23)7-6-12-21-17-10-4-5-11-18(17)22(26(21,24)25)16-9-3-2-8-15(16)19/h2-5,8-11,14,20,23H,6-7,12-13H2,1H3. The molecule has 0 amide bonds. The first kappa shape index (κ1) is 18.6. The molecule has 1 heterocycles. The summed E-state index contributed by atoms with van der Waals surface area (Å²) in [6.45, 7) is 0.662. The second-order valence-corrected chi connectivity index (χ2v) is 7.84. The largest absolute Gasteiger partial charge is 0.392 e. The second-order valence-electron chi connectivity index (χ2n) is 6.14. The van der Waals surface area contributed by atoms with Crippen LogP contribution in [0.1, 0.15) is 12.8 Å². The maximum absolute atomic E-state index is 14.3. The van der Waals surface area contributed by atoms with E-state index in [4.69, 9.17) is 0 Å². The fraction of sp³-hybridized carbons (Fsp3) is 0.333. The summed E-state index contributed by atoms with van der Waals surface area (Å²) in [6.07, 6.45) is 0.416. The molecule has 3 rings (SSSR count). The first-order valence-electron chi connectivity index (χ1n) is 8.46. The molecule has 2 N–H and O–H groups in total. The summed E-state index contributed by atoms with van der Waals surface area (Å²) in [5.41, 5.74) is 0.935. The van der Waals surface area contributed by atoms with Crippen molar-refractivity contribution in [2.45, 2.75) is 18.9 Å². The number of hydrogen-bond acceptors (Lipinski definition) is 4. The van der Waals surface area contributed by atoms with Crippen molar-refractivity contribution >= 4 is 27.3 Å². The smallest absolute Gasteiger partial charge is 0.331 e. The number of anilines is 3. The van der Waals surface area contributed by atoms with Crippen molar-refractivity contribution in [3.8, 4) is 0 Å². The van der Waals surface area contributed by atoms with Crippen molar-refractivity contribution in [3.05, 3.63) is 54.3 Å². The lowest BCUT2D eigenvalue weighted by atomic mass is 10.2. The van der Waals surface area contributed by atoms with Gasteiger partial charge in [-0.15, -0.1) is 0 Å². The molecule has 1 atom stereocenters. The fourth-order valence-corrected chi connectivity index (χ4v) is 4.87. The van der Waals surface area contributed by atoms with Crippen LogP contribution in [0.3, 0.4) is 0 Å². The summed E-state index contributed by atoms with van der Waals surface area (Å²) >= 11 is 0. The van der Waals surface area contributed by atoms with E-state index in [2.05, 4.69) is 5.32 Å². The van der Waals surface area contributed by atoms with E-state index in [9.17, 15) is 17.9 Å². The normalized spacial score (nSPS) is 16.6. The van der Waals surface area contributed by atoms with Crippen molar-refractivity contribution in [2.75, 3.05) is 28.7 Å². The van der Waals surface area contributed by atoms with Crippen LogP contribution >= 0.6 is 0 Å². The Kier molecular flexibility index (Phi) is 5.45. The van der Waals surface area contributed by atoms with Gasteiger partial charge in [-0.05, 0) is 44.2 Å². The molecule has 1 aliphatic heterocycles. The zero-order chi connectivity index (χ0) is 18.7. The van der Waals surface area contributed by atoms with Crippen LogP contribution in [0.25, 0.3) is 0 Å². The Balaban J connectivity index is 1.91. The second kappa shape index (κ2) is 7.61. The fourth-order valence-electron chi connectivity index (χ4n) is 3.11. The first-order chi connectivity index (χ1) is 12.5. The first-order valence-corrected chi connectivity index (χ1v) is 9.85. The quantitative estimate of drug-likeness (QED) is 0.775. The summed E-state index contributed by atoms with van der Waals surface area (Å²) in [6, 6.07) is 12.7. The van der Waals surface area contributed by atoms with Crippen LogP contribution in [0, 0.1) is 5.82 Å². The number of nitrogens with one attached hydrogen (secondary N) is 1. The number of benzene rings is 2. The molecule has 0 aromatic heterocycles. The Morgan fingerprint density at radius 1 is 1.08 bits per heavy atom. The van der Waals surface area contributed by atoms with Crippen LogP contribution in [0.4, 0.5) is 21.5 Å². The number of fused-ring (bicyclic) bond motifs is 1. The minimum atomic E-state index is -3.94. The van der Waals surface area contributed by atoms with E-state index >= 15 is 0 Å². The Labute approximate surface area is 153 Å². The molecule has 0 saturated heterocycles. The van der Waals surface area contributed by atoms with Crippen molar-refractivity contribution in [1.29, 1.82) is 0 Å². The van der Waals surface area contributed by atoms with Crippen molar-refractivity contribution < 1.29 is 17.9 Å². The molecule has 6 nitrogen and oxygen atoms in total. The Hall–Kier alpha value is -2.16. The molecule has 2 aromatic rings. The van der Waals surface area contributed by atoms with Gasteiger partial charge in [0.15, 0.2) is 0 Å². The summed E-state index contributed by atoms with van der Waals surface area (Å²) in [7, 11) is -2.20. The lowest BCUT2D eigenvalue weighted by Gasteiger charge is -2.22. The Morgan fingerprint density at radius 3 is 2.35 bits per heavy atom. The highest BCUT2D eigenvalue weighted by Crippen LogP contribution is 2.45. The monoisotopic (exact) mass is 379 g/mol. The highest BCUT2D eigenvalue weighted by molar-refractivity contribution is 7.95. The lowest BCUT2D eigenvalue weighted by Crippen LogP contribution is -2.36. The molecule has 1 aliphatic rings. The number of aliphatic hydroxyl groups excluding tert-OH is 1. The van der Waals surface area contributed by atoms with E-state index in [1.807, 2.05) is 0 Å². The molecule has 0 spiro atoms. The van der Waals surface area contributed by atoms with Gasteiger partial charge in [-0.3, -0.25) is 4.31 Å². The topological polar surface area (TPSA) is 72.9 Å². The number of halogens is 1. The molecule has 140 valence electrons. The van der Waals surface area contributed by atoms with E-state index in [1.165, 1.54) is 22.5 Å². The predicted octanol–water partition coefficient (Wildman–Crippen LogP) is 2.39. The average molecular weight is 379 g/mol. The van der Waals surface area contributed by atoms with Gasteiger partial charge in [-0.25, -0.2) is 8.70 Å². The van der Waals surface area contributed by atoms with Crippen LogP contribution in [-0.2, 0) is 10.2 Å².